The number of piperazine rings is 1. The molecule has 8 nitrogen and oxygen atoms in total. The van der Waals surface area contributed by atoms with Gasteiger partial charge in [0.25, 0.3) is 11.8 Å². The highest BCUT2D eigenvalue weighted by Crippen LogP contribution is 2.20. The minimum absolute atomic E-state index is 0.293. The fourth-order valence-electron chi connectivity index (χ4n) is 4.30. The van der Waals surface area contributed by atoms with Gasteiger partial charge in [-0.1, -0.05) is 48.0 Å². The molecule has 0 aromatic heterocycles. The van der Waals surface area contributed by atoms with Crippen LogP contribution in [0, 0.1) is 6.92 Å². The van der Waals surface area contributed by atoms with E-state index in [1.165, 1.54) is 4.31 Å². The second kappa shape index (κ2) is 12.2. The molecule has 0 spiro atoms. The summed E-state index contributed by atoms with van der Waals surface area (Å²) in [5.74, 6) is -0.608. The first-order valence-electron chi connectivity index (χ1n) is 12.5. The smallest absolute Gasteiger partial charge is 0.255 e. The van der Waals surface area contributed by atoms with Gasteiger partial charge in [0.1, 0.15) is 0 Å². The Bertz CT molecular complexity index is 1410. The normalized spacial score (nSPS) is 14.6. The van der Waals surface area contributed by atoms with Crippen LogP contribution in [0.15, 0.2) is 90.3 Å². The average Bonchev–Trinajstić information content (AvgIpc) is 2.92. The van der Waals surface area contributed by atoms with Gasteiger partial charge in [-0.25, -0.2) is 8.42 Å². The first-order chi connectivity index (χ1) is 18.3. The lowest BCUT2D eigenvalue weighted by molar-refractivity contribution is 0.0959. The maximum Gasteiger partial charge on any atom is 0.255 e. The highest BCUT2D eigenvalue weighted by atomic mass is 32.2. The van der Waals surface area contributed by atoms with E-state index in [0.29, 0.717) is 61.0 Å². The van der Waals surface area contributed by atoms with Crippen molar-refractivity contribution in [3.63, 3.8) is 0 Å². The number of amides is 2. The van der Waals surface area contributed by atoms with Crippen LogP contribution in [0.2, 0.25) is 0 Å². The van der Waals surface area contributed by atoms with Gasteiger partial charge in [0, 0.05) is 44.8 Å². The molecule has 4 rings (SSSR count). The third kappa shape index (κ3) is 6.55. The van der Waals surface area contributed by atoms with Crippen molar-refractivity contribution in [3.05, 3.63) is 108 Å². The predicted octanol–water partition coefficient (Wildman–Crippen LogP) is 3.67. The molecule has 198 valence electrons. The summed E-state index contributed by atoms with van der Waals surface area (Å²) in [5.41, 5.74) is 3.24. The van der Waals surface area contributed by atoms with Crippen LogP contribution in [0.25, 0.3) is 0 Å². The van der Waals surface area contributed by atoms with Gasteiger partial charge in [-0.2, -0.15) is 4.31 Å². The highest BCUT2D eigenvalue weighted by Gasteiger charge is 2.28. The van der Waals surface area contributed by atoms with Crippen molar-refractivity contribution in [1.29, 1.82) is 0 Å². The van der Waals surface area contributed by atoms with Crippen LogP contribution in [-0.2, 0) is 16.6 Å². The minimum Gasteiger partial charge on any atom is -0.349 e. The molecule has 38 heavy (non-hydrogen) atoms. The third-order valence-electron chi connectivity index (χ3n) is 6.41. The third-order valence-corrected chi connectivity index (χ3v) is 8.33. The molecule has 0 radical (unpaired) electrons. The Balaban J connectivity index is 1.37. The lowest BCUT2D eigenvalue weighted by Crippen LogP contribution is -2.48. The van der Waals surface area contributed by atoms with Gasteiger partial charge in [0.2, 0.25) is 10.0 Å². The molecule has 1 saturated heterocycles. The number of nitrogens with zero attached hydrogens (tertiary/aromatic N) is 2. The Morgan fingerprint density at radius 2 is 1.63 bits per heavy atom. The number of benzene rings is 3. The lowest BCUT2D eigenvalue weighted by Gasteiger charge is -2.34. The average molecular weight is 533 g/mol. The number of para-hydroxylation sites is 1. The fraction of sp³-hybridized carbons (Fsp3) is 0.241. The molecule has 9 heteroatoms. The quantitative estimate of drug-likeness (QED) is 0.410. The lowest BCUT2D eigenvalue weighted by atomic mass is 10.1. The van der Waals surface area contributed by atoms with Crippen LogP contribution in [0.5, 0.6) is 0 Å². The molecule has 0 unspecified atom stereocenters. The number of sulfonamides is 1. The number of nitrogens with one attached hydrogen (secondary N) is 2. The number of carbonyl (C=O) groups excluding carboxylic acids is 2. The molecular weight excluding hydrogens is 500 g/mol. The van der Waals surface area contributed by atoms with Gasteiger partial charge >= 0.3 is 0 Å². The first kappa shape index (κ1) is 27.3. The van der Waals surface area contributed by atoms with Crippen molar-refractivity contribution < 1.29 is 18.0 Å². The minimum atomic E-state index is -3.52. The summed E-state index contributed by atoms with van der Waals surface area (Å²) in [6.07, 6.45) is 1.59. The van der Waals surface area contributed by atoms with Crippen LogP contribution >= 0.6 is 0 Å². The number of hydrogen-bond acceptors (Lipinski definition) is 5. The maximum atomic E-state index is 13.0. The van der Waals surface area contributed by atoms with Gasteiger partial charge in [-0.15, -0.1) is 6.58 Å². The number of rotatable bonds is 9. The van der Waals surface area contributed by atoms with Crippen molar-refractivity contribution >= 4 is 27.5 Å². The second-order valence-electron chi connectivity index (χ2n) is 9.19. The molecule has 2 N–H and O–H groups in total. The van der Waals surface area contributed by atoms with Crippen LogP contribution in [0.1, 0.15) is 31.8 Å². The standard InChI is InChI=1S/C29H32N4O4S/c1-3-15-30-29(35)26-9-4-5-10-27(26)31-28(34)24-8-6-7-23(20-24)21-32-16-18-33(19-17-32)38(36,37)25-13-11-22(2)12-14-25/h3-14,20H,1,15-19,21H2,2H3,(H,30,35)(H,31,34). The number of carbonyl (C=O) groups is 2. The van der Waals surface area contributed by atoms with Crippen molar-refractivity contribution in [1.82, 2.24) is 14.5 Å². The maximum absolute atomic E-state index is 13.0. The van der Waals surface area contributed by atoms with E-state index in [1.54, 1.807) is 48.5 Å². The number of hydrogen-bond donors (Lipinski definition) is 2. The van der Waals surface area contributed by atoms with Crippen LogP contribution in [-0.4, -0.2) is 62.2 Å². The molecule has 2 amide bonds. The molecule has 0 saturated carbocycles. The van der Waals surface area contributed by atoms with Gasteiger partial charge in [0.05, 0.1) is 16.1 Å². The summed E-state index contributed by atoms with van der Waals surface area (Å²) in [5, 5.41) is 5.57. The van der Waals surface area contributed by atoms with Gasteiger partial charge in [-0.3, -0.25) is 14.5 Å². The van der Waals surface area contributed by atoms with E-state index >= 15 is 0 Å². The van der Waals surface area contributed by atoms with Crippen LogP contribution in [0.3, 0.4) is 0 Å². The van der Waals surface area contributed by atoms with Crippen LogP contribution in [0.4, 0.5) is 5.69 Å². The fourth-order valence-corrected chi connectivity index (χ4v) is 5.72. The largest absolute Gasteiger partial charge is 0.349 e. The molecule has 1 aliphatic heterocycles. The summed E-state index contributed by atoms with van der Waals surface area (Å²) in [6.45, 7) is 8.44. The zero-order valence-corrected chi connectivity index (χ0v) is 22.2. The monoisotopic (exact) mass is 532 g/mol. The number of anilines is 1. The molecule has 3 aromatic rings. The van der Waals surface area contributed by atoms with E-state index in [0.717, 1.165) is 11.1 Å². The van der Waals surface area contributed by atoms with E-state index in [9.17, 15) is 18.0 Å². The van der Waals surface area contributed by atoms with E-state index in [1.807, 2.05) is 37.3 Å². The molecular formula is C29H32N4O4S. The summed E-state index contributed by atoms with van der Waals surface area (Å²) in [4.78, 5) is 27.9. The Labute approximate surface area is 224 Å². The zero-order chi connectivity index (χ0) is 27.1. The van der Waals surface area contributed by atoms with Crippen molar-refractivity contribution in [3.8, 4) is 0 Å². The van der Waals surface area contributed by atoms with Crippen LogP contribution < -0.4 is 10.6 Å². The van der Waals surface area contributed by atoms with E-state index in [-0.39, 0.29) is 11.8 Å². The molecule has 0 atom stereocenters. The second-order valence-corrected chi connectivity index (χ2v) is 11.1. The topological polar surface area (TPSA) is 98.8 Å². The molecule has 1 aliphatic rings. The highest BCUT2D eigenvalue weighted by molar-refractivity contribution is 7.89. The molecule has 0 aliphatic carbocycles. The van der Waals surface area contributed by atoms with E-state index in [4.69, 9.17) is 0 Å². The Kier molecular flexibility index (Phi) is 8.73. The Morgan fingerprint density at radius 1 is 0.921 bits per heavy atom. The molecule has 1 heterocycles. The van der Waals surface area contributed by atoms with Crippen molar-refractivity contribution in [2.24, 2.45) is 0 Å². The summed E-state index contributed by atoms with van der Waals surface area (Å²) < 4.78 is 27.5. The Hall–Kier alpha value is -3.79. The van der Waals surface area contributed by atoms with Gasteiger partial charge in [0.15, 0.2) is 0 Å². The molecule has 3 aromatic carbocycles. The van der Waals surface area contributed by atoms with Gasteiger partial charge < -0.3 is 10.6 Å². The first-order valence-corrected chi connectivity index (χ1v) is 13.9. The van der Waals surface area contributed by atoms with Gasteiger partial charge in [-0.05, 0) is 48.9 Å². The predicted molar refractivity (Wildman–Crippen MR) is 149 cm³/mol. The van der Waals surface area contributed by atoms with E-state index in [2.05, 4.69) is 22.1 Å². The SMILES string of the molecule is C=CCNC(=O)c1ccccc1NC(=O)c1cccc(CN2CCN(S(=O)(=O)c3ccc(C)cc3)CC2)c1. The molecule has 1 fully saturated rings. The molecule has 0 bridgehead atoms. The van der Waals surface area contributed by atoms with Crippen molar-refractivity contribution in [2.75, 3.05) is 38.0 Å². The zero-order valence-electron chi connectivity index (χ0n) is 21.4. The summed E-state index contributed by atoms with van der Waals surface area (Å²) in [6, 6.07) is 21.1. The van der Waals surface area contributed by atoms with E-state index < -0.39 is 10.0 Å². The van der Waals surface area contributed by atoms with Crippen molar-refractivity contribution in [2.45, 2.75) is 18.4 Å². The summed E-state index contributed by atoms with van der Waals surface area (Å²) in [7, 11) is -3.52. The Morgan fingerprint density at radius 3 is 2.34 bits per heavy atom. The summed E-state index contributed by atoms with van der Waals surface area (Å²) >= 11 is 0. The number of aryl methyl sites for hydroxylation is 1.